The number of carboxylic acid groups (broad SMARTS) is 1. The van der Waals surface area contributed by atoms with Crippen molar-refractivity contribution in [2.24, 2.45) is 7.05 Å². The minimum absolute atomic E-state index is 0.295. The van der Waals surface area contributed by atoms with Gasteiger partial charge in [-0.25, -0.2) is 9.36 Å². The Morgan fingerprint density at radius 3 is 2.34 bits per heavy atom. The van der Waals surface area contributed by atoms with E-state index in [4.69, 9.17) is 0 Å². The highest BCUT2D eigenvalue weighted by Crippen LogP contribution is 2.18. The Hall–Kier alpha value is -3.39. The average molecular weight is 396 g/mol. The predicted octanol–water partition coefficient (Wildman–Crippen LogP) is 0.971. The van der Waals surface area contributed by atoms with Crippen LogP contribution in [-0.4, -0.2) is 47.4 Å². The van der Waals surface area contributed by atoms with Crippen LogP contribution < -0.4 is 21.5 Å². The second kappa shape index (κ2) is 7.92. The van der Waals surface area contributed by atoms with E-state index in [1.165, 1.54) is 4.57 Å². The lowest BCUT2D eigenvalue weighted by Gasteiger charge is -2.16. The number of likely N-dealkylation sites (N-methyl/N-ethyl adjacent to an activating group) is 1. The van der Waals surface area contributed by atoms with Gasteiger partial charge in [0.1, 0.15) is 6.04 Å². The lowest BCUT2D eigenvalue weighted by atomic mass is 10.1. The summed E-state index contributed by atoms with van der Waals surface area (Å²) in [5.74, 6) is -0.937. The number of nitrogens with one attached hydrogen (secondary N) is 1. The fourth-order valence-electron chi connectivity index (χ4n) is 3.28. The first-order chi connectivity index (χ1) is 13.7. The number of carbonyl (C=O) groups is 1. The maximum atomic E-state index is 13.1. The number of aromatic nitrogens is 2. The number of benzene rings is 2. The second-order valence-electron chi connectivity index (χ2n) is 7.13. The zero-order valence-electron chi connectivity index (χ0n) is 16.8. The molecular formula is C21H24N4O4. The van der Waals surface area contributed by atoms with E-state index < -0.39 is 23.3 Å². The molecule has 29 heavy (non-hydrogen) atoms. The van der Waals surface area contributed by atoms with Gasteiger partial charge in [-0.3, -0.25) is 14.2 Å². The molecule has 0 radical (unpaired) electrons. The van der Waals surface area contributed by atoms with Crippen LogP contribution in [0.4, 0.5) is 5.69 Å². The molecule has 0 saturated heterocycles. The largest absolute Gasteiger partial charge is 0.480 e. The zero-order valence-corrected chi connectivity index (χ0v) is 16.8. The molecule has 0 aliphatic rings. The molecule has 0 saturated carbocycles. The van der Waals surface area contributed by atoms with Gasteiger partial charge >= 0.3 is 11.7 Å². The zero-order chi connectivity index (χ0) is 21.3. The molecule has 8 nitrogen and oxygen atoms in total. The topological polar surface area (TPSA) is 96.6 Å². The molecule has 152 valence electrons. The number of aryl methyl sites for hydroxylation is 1. The minimum atomic E-state index is -0.937. The molecule has 1 aromatic heterocycles. The molecule has 0 fully saturated rings. The van der Waals surface area contributed by atoms with Gasteiger partial charge in [-0.1, -0.05) is 12.1 Å². The summed E-state index contributed by atoms with van der Waals surface area (Å²) in [4.78, 5) is 39.1. The molecule has 1 heterocycles. The van der Waals surface area contributed by atoms with Gasteiger partial charge in [0, 0.05) is 26.8 Å². The van der Waals surface area contributed by atoms with Gasteiger partial charge < -0.3 is 15.3 Å². The van der Waals surface area contributed by atoms with E-state index in [1.54, 1.807) is 50.5 Å². The van der Waals surface area contributed by atoms with Crippen LogP contribution in [0.15, 0.2) is 52.1 Å². The lowest BCUT2D eigenvalue weighted by molar-refractivity contribution is -0.139. The average Bonchev–Trinajstić information content (AvgIpc) is 2.70. The summed E-state index contributed by atoms with van der Waals surface area (Å²) in [6.07, 6.45) is 0.295. The Kier molecular flexibility index (Phi) is 5.56. The van der Waals surface area contributed by atoms with E-state index in [2.05, 4.69) is 5.32 Å². The van der Waals surface area contributed by atoms with Crippen molar-refractivity contribution in [2.45, 2.75) is 12.5 Å². The monoisotopic (exact) mass is 396 g/mol. The molecular weight excluding hydrogens is 372 g/mol. The highest BCUT2D eigenvalue weighted by molar-refractivity contribution is 5.82. The standard InChI is InChI=1S/C21H24N4O4/c1-22-17(20(27)28)11-13-5-7-14(8-6-13)25-19(26)16-12-15(23(2)3)9-10-18(16)24(4)21(25)29/h5-10,12,17,22H,11H2,1-4H3,(H,27,28)/t17-/m0/s1. The van der Waals surface area contributed by atoms with Crippen LogP contribution in [0, 0.1) is 0 Å². The van der Waals surface area contributed by atoms with Crippen LogP contribution in [-0.2, 0) is 18.3 Å². The van der Waals surface area contributed by atoms with Gasteiger partial charge in [0.05, 0.1) is 16.6 Å². The van der Waals surface area contributed by atoms with Gasteiger partial charge in [-0.05, 0) is 49.4 Å². The maximum absolute atomic E-state index is 13.1. The Morgan fingerprint density at radius 1 is 1.14 bits per heavy atom. The van der Waals surface area contributed by atoms with Gasteiger partial charge in [-0.2, -0.15) is 0 Å². The molecule has 8 heteroatoms. The lowest BCUT2D eigenvalue weighted by Crippen LogP contribution is -2.38. The molecule has 0 bridgehead atoms. The summed E-state index contributed by atoms with van der Waals surface area (Å²) in [6.45, 7) is 0. The van der Waals surface area contributed by atoms with Gasteiger partial charge in [0.2, 0.25) is 0 Å². The van der Waals surface area contributed by atoms with Crippen molar-refractivity contribution in [1.82, 2.24) is 14.5 Å². The first kappa shape index (κ1) is 20.3. The predicted molar refractivity (Wildman–Crippen MR) is 113 cm³/mol. The Balaban J connectivity index is 2.11. The third kappa shape index (κ3) is 3.79. The smallest absolute Gasteiger partial charge is 0.335 e. The summed E-state index contributed by atoms with van der Waals surface area (Å²) in [6, 6.07) is 11.5. The van der Waals surface area contributed by atoms with Crippen molar-refractivity contribution in [3.63, 3.8) is 0 Å². The number of carboxylic acids is 1. The summed E-state index contributed by atoms with van der Waals surface area (Å²) in [7, 11) is 6.99. The van der Waals surface area contributed by atoms with Crippen molar-refractivity contribution < 1.29 is 9.90 Å². The highest BCUT2D eigenvalue weighted by Gasteiger charge is 2.16. The first-order valence-corrected chi connectivity index (χ1v) is 9.17. The van der Waals surface area contributed by atoms with Crippen LogP contribution >= 0.6 is 0 Å². The number of fused-ring (bicyclic) bond motifs is 1. The summed E-state index contributed by atoms with van der Waals surface area (Å²) >= 11 is 0. The first-order valence-electron chi connectivity index (χ1n) is 9.17. The van der Waals surface area contributed by atoms with Gasteiger partial charge in [0.25, 0.3) is 5.56 Å². The fraction of sp³-hybridized carbons (Fsp3) is 0.286. The number of aliphatic carboxylic acids is 1. The van der Waals surface area contributed by atoms with Crippen molar-refractivity contribution in [1.29, 1.82) is 0 Å². The molecule has 3 rings (SSSR count). The van der Waals surface area contributed by atoms with E-state index in [0.717, 1.165) is 15.8 Å². The Bertz CT molecular complexity index is 1180. The quantitative estimate of drug-likeness (QED) is 0.645. The van der Waals surface area contributed by atoms with Crippen LogP contribution in [0.5, 0.6) is 0 Å². The second-order valence-corrected chi connectivity index (χ2v) is 7.13. The number of nitrogens with zero attached hydrogens (tertiary/aromatic N) is 3. The molecule has 0 aliphatic carbocycles. The normalized spacial score (nSPS) is 12.1. The van der Waals surface area contributed by atoms with Gasteiger partial charge in [-0.15, -0.1) is 0 Å². The number of hydrogen-bond donors (Lipinski definition) is 2. The Labute approximate surface area is 167 Å². The van der Waals surface area contributed by atoms with Gasteiger partial charge in [0.15, 0.2) is 0 Å². The van der Waals surface area contributed by atoms with Crippen molar-refractivity contribution in [3.8, 4) is 5.69 Å². The van der Waals surface area contributed by atoms with E-state index in [1.807, 2.05) is 25.1 Å². The molecule has 0 spiro atoms. The van der Waals surface area contributed by atoms with E-state index in [9.17, 15) is 19.5 Å². The fourth-order valence-corrected chi connectivity index (χ4v) is 3.28. The van der Waals surface area contributed by atoms with Crippen LogP contribution in [0.25, 0.3) is 16.6 Å². The molecule has 2 aromatic carbocycles. The van der Waals surface area contributed by atoms with E-state index >= 15 is 0 Å². The number of hydrogen-bond acceptors (Lipinski definition) is 5. The summed E-state index contributed by atoms with van der Waals surface area (Å²) < 4.78 is 2.59. The minimum Gasteiger partial charge on any atom is -0.480 e. The third-order valence-corrected chi connectivity index (χ3v) is 5.05. The molecule has 0 aliphatic heterocycles. The van der Waals surface area contributed by atoms with Crippen molar-refractivity contribution in [3.05, 3.63) is 68.9 Å². The van der Waals surface area contributed by atoms with E-state index in [0.29, 0.717) is 23.0 Å². The van der Waals surface area contributed by atoms with Crippen LogP contribution in [0.2, 0.25) is 0 Å². The SMILES string of the molecule is CN[C@@H](Cc1ccc(-n2c(=O)c3cc(N(C)C)ccc3n(C)c2=O)cc1)C(=O)O. The maximum Gasteiger partial charge on any atom is 0.335 e. The summed E-state index contributed by atoms with van der Waals surface area (Å²) in [5, 5.41) is 12.4. The molecule has 2 N–H and O–H groups in total. The molecule has 0 unspecified atom stereocenters. The molecule has 0 amide bonds. The number of anilines is 1. The molecule has 3 aromatic rings. The highest BCUT2D eigenvalue weighted by atomic mass is 16.4. The van der Waals surface area contributed by atoms with E-state index in [-0.39, 0.29) is 0 Å². The van der Waals surface area contributed by atoms with Crippen molar-refractivity contribution >= 4 is 22.6 Å². The third-order valence-electron chi connectivity index (χ3n) is 5.05. The van der Waals surface area contributed by atoms with Crippen LogP contribution in [0.1, 0.15) is 5.56 Å². The van der Waals surface area contributed by atoms with Crippen LogP contribution in [0.3, 0.4) is 0 Å². The molecule has 1 atom stereocenters. The summed E-state index contributed by atoms with van der Waals surface area (Å²) in [5.41, 5.74) is 1.83. The Morgan fingerprint density at radius 2 is 1.79 bits per heavy atom. The van der Waals surface area contributed by atoms with Crippen molar-refractivity contribution in [2.75, 3.05) is 26.0 Å². The number of rotatable bonds is 6.